The topological polar surface area (TPSA) is 66.5 Å². The molecule has 4 rings (SSSR count). The highest BCUT2D eigenvalue weighted by Crippen LogP contribution is 2.29. The highest BCUT2D eigenvalue weighted by Gasteiger charge is 2.39. The second-order valence-corrected chi connectivity index (χ2v) is 9.77. The Hall–Kier alpha value is -3.03. The molecule has 7 heteroatoms. The zero-order valence-electron chi connectivity index (χ0n) is 17.8. The van der Waals surface area contributed by atoms with Gasteiger partial charge in [-0.1, -0.05) is 55.5 Å². The monoisotopic (exact) mass is 452 g/mol. The van der Waals surface area contributed by atoms with Crippen LogP contribution in [0.4, 0.5) is 4.39 Å². The molecule has 1 heterocycles. The second kappa shape index (κ2) is 9.22. The summed E-state index contributed by atoms with van der Waals surface area (Å²) in [4.78, 5) is 13.1. The SMILES string of the molecule is CCc1ccc(CNC(=O)[C@@H]2Cc3ccccc3CN2S(=O)(=O)c2ccc(F)cc2)cc1. The Kier molecular flexibility index (Phi) is 6.39. The summed E-state index contributed by atoms with van der Waals surface area (Å²) < 4.78 is 41.4. The van der Waals surface area contributed by atoms with Gasteiger partial charge in [0, 0.05) is 13.1 Å². The third-order valence-corrected chi connectivity index (χ3v) is 7.70. The summed E-state index contributed by atoms with van der Waals surface area (Å²) in [5.41, 5.74) is 3.96. The third-order valence-electron chi connectivity index (χ3n) is 5.83. The molecule has 1 amide bonds. The first-order valence-corrected chi connectivity index (χ1v) is 12.0. The van der Waals surface area contributed by atoms with Gasteiger partial charge in [0.1, 0.15) is 11.9 Å². The summed E-state index contributed by atoms with van der Waals surface area (Å²) in [7, 11) is -4.00. The second-order valence-electron chi connectivity index (χ2n) is 7.88. The molecule has 0 aliphatic carbocycles. The smallest absolute Gasteiger partial charge is 0.244 e. The van der Waals surface area contributed by atoms with E-state index < -0.39 is 21.9 Å². The van der Waals surface area contributed by atoms with Gasteiger partial charge in [0.25, 0.3) is 0 Å². The van der Waals surface area contributed by atoms with Crippen molar-refractivity contribution >= 4 is 15.9 Å². The van der Waals surface area contributed by atoms with Crippen LogP contribution in [0, 0.1) is 5.82 Å². The molecule has 166 valence electrons. The first-order valence-electron chi connectivity index (χ1n) is 10.6. The summed E-state index contributed by atoms with van der Waals surface area (Å²) in [6.07, 6.45) is 1.21. The molecule has 0 bridgehead atoms. The van der Waals surface area contributed by atoms with Crippen molar-refractivity contribution in [2.45, 2.75) is 43.8 Å². The van der Waals surface area contributed by atoms with Crippen LogP contribution in [0.15, 0.2) is 77.7 Å². The molecule has 3 aromatic rings. The van der Waals surface area contributed by atoms with E-state index in [4.69, 9.17) is 0 Å². The van der Waals surface area contributed by atoms with E-state index in [0.717, 1.165) is 35.2 Å². The molecule has 1 atom stereocenters. The van der Waals surface area contributed by atoms with Gasteiger partial charge in [-0.25, -0.2) is 12.8 Å². The lowest BCUT2D eigenvalue weighted by Crippen LogP contribution is -2.52. The molecule has 0 aromatic heterocycles. The lowest BCUT2D eigenvalue weighted by atomic mass is 9.95. The van der Waals surface area contributed by atoms with Gasteiger partial charge in [0.05, 0.1) is 4.90 Å². The van der Waals surface area contributed by atoms with E-state index in [9.17, 15) is 17.6 Å². The van der Waals surface area contributed by atoms with Gasteiger partial charge in [0.2, 0.25) is 15.9 Å². The number of benzene rings is 3. The number of carbonyl (C=O) groups excluding carboxylic acids is 1. The summed E-state index contributed by atoms with van der Waals surface area (Å²) in [6.45, 7) is 2.47. The van der Waals surface area contributed by atoms with Gasteiger partial charge in [-0.3, -0.25) is 4.79 Å². The van der Waals surface area contributed by atoms with Crippen LogP contribution in [0.25, 0.3) is 0 Å². The molecule has 5 nitrogen and oxygen atoms in total. The highest BCUT2D eigenvalue weighted by atomic mass is 32.2. The van der Waals surface area contributed by atoms with Crippen LogP contribution in [-0.2, 0) is 40.7 Å². The number of nitrogens with one attached hydrogen (secondary N) is 1. The number of rotatable bonds is 6. The highest BCUT2D eigenvalue weighted by molar-refractivity contribution is 7.89. The molecule has 0 spiro atoms. The predicted octanol–water partition coefficient (Wildman–Crippen LogP) is 3.82. The summed E-state index contributed by atoms with van der Waals surface area (Å²) in [5, 5.41) is 2.89. The maximum absolute atomic E-state index is 13.4. The molecular formula is C25H25FN2O3S. The average molecular weight is 453 g/mol. The fraction of sp³-hybridized carbons (Fsp3) is 0.240. The number of hydrogen-bond acceptors (Lipinski definition) is 3. The molecule has 1 aliphatic rings. The molecule has 1 N–H and O–H groups in total. The van der Waals surface area contributed by atoms with Crippen molar-refractivity contribution in [2.24, 2.45) is 0 Å². The van der Waals surface area contributed by atoms with Crippen LogP contribution >= 0.6 is 0 Å². The van der Waals surface area contributed by atoms with Crippen molar-refractivity contribution in [3.05, 3.63) is 101 Å². The first-order chi connectivity index (χ1) is 15.4. The lowest BCUT2D eigenvalue weighted by molar-refractivity contribution is -0.125. The van der Waals surface area contributed by atoms with Crippen molar-refractivity contribution in [2.75, 3.05) is 0 Å². The van der Waals surface area contributed by atoms with Gasteiger partial charge in [-0.15, -0.1) is 0 Å². The lowest BCUT2D eigenvalue weighted by Gasteiger charge is -2.35. The van der Waals surface area contributed by atoms with Crippen molar-refractivity contribution in [3.63, 3.8) is 0 Å². The molecule has 0 radical (unpaired) electrons. The van der Waals surface area contributed by atoms with Gasteiger partial charge in [0.15, 0.2) is 0 Å². The molecule has 1 aliphatic heterocycles. The van der Waals surface area contributed by atoms with Gasteiger partial charge >= 0.3 is 0 Å². The Labute approximate surface area is 187 Å². The number of sulfonamides is 1. The van der Waals surface area contributed by atoms with Crippen molar-refractivity contribution in [1.29, 1.82) is 0 Å². The van der Waals surface area contributed by atoms with Crippen LogP contribution in [0.5, 0.6) is 0 Å². The van der Waals surface area contributed by atoms with Crippen LogP contribution in [-0.4, -0.2) is 24.7 Å². The zero-order chi connectivity index (χ0) is 22.7. The summed E-state index contributed by atoms with van der Waals surface area (Å²) >= 11 is 0. The number of nitrogens with zero attached hydrogens (tertiary/aromatic N) is 1. The average Bonchev–Trinajstić information content (AvgIpc) is 2.82. The van der Waals surface area contributed by atoms with Crippen molar-refractivity contribution < 1.29 is 17.6 Å². The number of halogens is 1. The van der Waals surface area contributed by atoms with E-state index in [0.29, 0.717) is 6.54 Å². The van der Waals surface area contributed by atoms with E-state index >= 15 is 0 Å². The standard InChI is InChI=1S/C25H25FN2O3S/c1-2-18-7-9-19(10-8-18)16-27-25(29)24-15-20-5-3-4-6-21(20)17-28(24)32(30,31)23-13-11-22(26)12-14-23/h3-14,24H,2,15-17H2,1H3,(H,27,29)/t24-/m0/s1. The fourth-order valence-electron chi connectivity index (χ4n) is 3.92. The minimum Gasteiger partial charge on any atom is -0.351 e. The van der Waals surface area contributed by atoms with Crippen LogP contribution in [0.3, 0.4) is 0 Å². The third kappa shape index (κ3) is 4.59. The first kappa shape index (κ1) is 22.2. The Bertz CT molecular complexity index is 1210. The van der Waals surface area contributed by atoms with E-state index in [1.54, 1.807) is 0 Å². The molecule has 0 saturated heterocycles. The summed E-state index contributed by atoms with van der Waals surface area (Å²) in [5.74, 6) is -0.874. The Morgan fingerprint density at radius 1 is 0.969 bits per heavy atom. The predicted molar refractivity (Wildman–Crippen MR) is 121 cm³/mol. The normalized spacial score (nSPS) is 16.4. The van der Waals surface area contributed by atoms with Gasteiger partial charge in [-0.2, -0.15) is 4.31 Å². The maximum atomic E-state index is 13.4. The summed E-state index contributed by atoms with van der Waals surface area (Å²) in [6, 6.07) is 19.3. The van der Waals surface area contributed by atoms with Crippen LogP contribution in [0.1, 0.15) is 29.2 Å². The number of amides is 1. The fourth-order valence-corrected chi connectivity index (χ4v) is 5.48. The maximum Gasteiger partial charge on any atom is 0.244 e. The molecule has 3 aromatic carbocycles. The number of aryl methyl sites for hydroxylation is 1. The van der Waals surface area contributed by atoms with E-state index in [1.807, 2.05) is 48.5 Å². The van der Waals surface area contributed by atoms with E-state index in [-0.39, 0.29) is 23.8 Å². The number of fused-ring (bicyclic) bond motifs is 1. The van der Waals surface area contributed by atoms with Crippen molar-refractivity contribution in [3.8, 4) is 0 Å². The molecule has 0 saturated carbocycles. The van der Waals surface area contributed by atoms with Gasteiger partial charge < -0.3 is 5.32 Å². The zero-order valence-corrected chi connectivity index (χ0v) is 18.6. The minimum absolute atomic E-state index is 0.0359. The van der Waals surface area contributed by atoms with Gasteiger partial charge in [-0.05, 0) is 59.4 Å². The van der Waals surface area contributed by atoms with Crippen LogP contribution < -0.4 is 5.32 Å². The molecule has 32 heavy (non-hydrogen) atoms. The number of hydrogen-bond donors (Lipinski definition) is 1. The van der Waals surface area contributed by atoms with E-state index in [1.165, 1.54) is 22.0 Å². The minimum atomic E-state index is -4.00. The molecule has 0 unspecified atom stereocenters. The Morgan fingerprint density at radius 2 is 1.59 bits per heavy atom. The molecular weight excluding hydrogens is 427 g/mol. The number of carbonyl (C=O) groups is 1. The Morgan fingerprint density at radius 3 is 2.25 bits per heavy atom. The Balaban J connectivity index is 1.60. The van der Waals surface area contributed by atoms with E-state index in [2.05, 4.69) is 12.2 Å². The largest absolute Gasteiger partial charge is 0.351 e. The molecule has 0 fully saturated rings. The quantitative estimate of drug-likeness (QED) is 0.618. The van der Waals surface area contributed by atoms with Crippen molar-refractivity contribution in [1.82, 2.24) is 9.62 Å². The van der Waals surface area contributed by atoms with Crippen LogP contribution in [0.2, 0.25) is 0 Å².